The van der Waals surface area contributed by atoms with Crippen LogP contribution in [0.15, 0.2) is 30.5 Å². The summed E-state index contributed by atoms with van der Waals surface area (Å²) in [6.45, 7) is 0. The Kier molecular flexibility index (Phi) is 2.04. The molecule has 0 fully saturated rings. The third-order valence-corrected chi connectivity index (χ3v) is 1.94. The van der Waals surface area contributed by atoms with Gasteiger partial charge in [0.15, 0.2) is 0 Å². The first kappa shape index (κ1) is 8.87. The van der Waals surface area contributed by atoms with Gasteiger partial charge in [-0.15, -0.1) is 0 Å². The first-order valence-corrected chi connectivity index (χ1v) is 4.03. The van der Waals surface area contributed by atoms with E-state index < -0.39 is 6.43 Å². The molecule has 0 unspecified atom stereocenters. The molecule has 0 aliphatic rings. The fraction of sp³-hybridized carbons (Fsp3) is 0.100. The summed E-state index contributed by atoms with van der Waals surface area (Å²) < 4.78 is 24.6. The number of nitrogens with zero attached hydrogens (tertiary/aromatic N) is 1. The van der Waals surface area contributed by atoms with Crippen molar-refractivity contribution in [2.75, 3.05) is 0 Å². The summed E-state index contributed by atoms with van der Waals surface area (Å²) in [4.78, 5) is 3.89. The number of fused-ring (bicyclic) bond motifs is 1. The summed E-state index contributed by atoms with van der Waals surface area (Å²) >= 11 is 0. The molecule has 1 N–H and O–H groups in total. The zero-order chi connectivity index (χ0) is 10.1. The molecule has 0 amide bonds. The van der Waals surface area contributed by atoms with Gasteiger partial charge in [0.05, 0.1) is 11.7 Å². The molecule has 4 heteroatoms. The van der Waals surface area contributed by atoms with Crippen molar-refractivity contribution in [1.82, 2.24) is 4.98 Å². The number of hydrogen-bond acceptors (Lipinski definition) is 2. The molecule has 14 heavy (non-hydrogen) atoms. The maximum atomic E-state index is 12.3. The maximum Gasteiger partial charge on any atom is 0.263 e. The normalized spacial score (nSPS) is 11.1. The molecule has 2 rings (SSSR count). The van der Waals surface area contributed by atoms with E-state index in [1.165, 1.54) is 30.5 Å². The molecule has 0 aliphatic carbocycles. The summed E-state index contributed by atoms with van der Waals surface area (Å²) in [5.41, 5.74) is 0.525. The van der Waals surface area contributed by atoms with E-state index in [0.717, 1.165) is 0 Å². The minimum absolute atomic E-state index is 0.0242. The lowest BCUT2D eigenvalue weighted by Crippen LogP contribution is -1.85. The van der Waals surface area contributed by atoms with Crippen LogP contribution < -0.4 is 0 Å². The zero-order valence-corrected chi connectivity index (χ0v) is 7.11. The molecular weight excluding hydrogens is 188 g/mol. The minimum Gasteiger partial charge on any atom is -0.506 e. The van der Waals surface area contributed by atoms with Crippen molar-refractivity contribution in [3.63, 3.8) is 0 Å². The minimum atomic E-state index is -2.50. The number of aromatic hydroxyl groups is 1. The quantitative estimate of drug-likeness (QED) is 0.758. The highest BCUT2D eigenvalue weighted by Gasteiger charge is 2.07. The Balaban J connectivity index is 2.63. The van der Waals surface area contributed by atoms with E-state index in [9.17, 15) is 8.78 Å². The second-order valence-corrected chi connectivity index (χ2v) is 2.95. The van der Waals surface area contributed by atoms with Crippen LogP contribution in [0.1, 0.15) is 12.0 Å². The summed E-state index contributed by atoms with van der Waals surface area (Å²) in [5, 5.41) is 9.63. The van der Waals surface area contributed by atoms with Crippen LogP contribution in [-0.4, -0.2) is 10.1 Å². The first-order chi connectivity index (χ1) is 6.66. The number of aromatic nitrogens is 1. The topological polar surface area (TPSA) is 33.1 Å². The largest absolute Gasteiger partial charge is 0.506 e. The van der Waals surface area contributed by atoms with E-state index in [1.54, 1.807) is 0 Å². The molecule has 2 nitrogen and oxygen atoms in total. The van der Waals surface area contributed by atoms with Crippen molar-refractivity contribution in [3.05, 3.63) is 36.0 Å². The number of rotatable bonds is 1. The maximum absolute atomic E-state index is 12.3. The van der Waals surface area contributed by atoms with E-state index in [4.69, 9.17) is 5.11 Å². The van der Waals surface area contributed by atoms with Crippen molar-refractivity contribution in [1.29, 1.82) is 0 Å². The highest BCUT2D eigenvalue weighted by atomic mass is 19.3. The fourth-order valence-corrected chi connectivity index (χ4v) is 1.27. The zero-order valence-electron chi connectivity index (χ0n) is 7.11. The number of alkyl halides is 2. The SMILES string of the molecule is Oc1cnc2ccc(C(F)F)cc2c1. The lowest BCUT2D eigenvalue weighted by molar-refractivity contribution is 0.151. The second kappa shape index (κ2) is 3.21. The lowest BCUT2D eigenvalue weighted by atomic mass is 10.1. The van der Waals surface area contributed by atoms with Crippen LogP contribution in [0.4, 0.5) is 8.78 Å². The van der Waals surface area contributed by atoms with Gasteiger partial charge >= 0.3 is 0 Å². The number of pyridine rings is 1. The van der Waals surface area contributed by atoms with Crippen LogP contribution in [-0.2, 0) is 0 Å². The lowest BCUT2D eigenvalue weighted by Gasteiger charge is -2.02. The van der Waals surface area contributed by atoms with Crippen LogP contribution in [0.3, 0.4) is 0 Å². The highest BCUT2D eigenvalue weighted by molar-refractivity contribution is 5.80. The van der Waals surface area contributed by atoms with Gasteiger partial charge in [0.1, 0.15) is 5.75 Å². The Morgan fingerprint density at radius 2 is 2.00 bits per heavy atom. The molecule has 1 aromatic carbocycles. The van der Waals surface area contributed by atoms with Gasteiger partial charge in [-0.05, 0) is 18.2 Å². The standard InChI is InChI=1S/C10H7F2NO/c11-10(12)6-1-2-9-7(3-6)4-8(14)5-13-9/h1-5,10,14H. The Morgan fingerprint density at radius 1 is 1.21 bits per heavy atom. The summed E-state index contributed by atoms with van der Waals surface area (Å²) in [7, 11) is 0. The van der Waals surface area contributed by atoms with Crippen LogP contribution in [0.5, 0.6) is 5.75 Å². The molecule has 0 saturated heterocycles. The monoisotopic (exact) mass is 195 g/mol. The predicted octanol–water partition coefficient (Wildman–Crippen LogP) is 2.88. The van der Waals surface area contributed by atoms with E-state index in [0.29, 0.717) is 10.9 Å². The molecule has 1 aromatic heterocycles. The van der Waals surface area contributed by atoms with Crippen LogP contribution in [0, 0.1) is 0 Å². The second-order valence-electron chi connectivity index (χ2n) is 2.95. The summed E-state index contributed by atoms with van der Waals surface area (Å²) in [6, 6.07) is 5.58. The van der Waals surface area contributed by atoms with Gasteiger partial charge in [0.2, 0.25) is 0 Å². The Morgan fingerprint density at radius 3 is 2.71 bits per heavy atom. The number of halogens is 2. The van der Waals surface area contributed by atoms with Gasteiger partial charge in [-0.3, -0.25) is 4.98 Å². The van der Waals surface area contributed by atoms with Gasteiger partial charge in [-0.2, -0.15) is 0 Å². The van der Waals surface area contributed by atoms with Crippen LogP contribution >= 0.6 is 0 Å². The molecule has 0 aliphatic heterocycles. The van der Waals surface area contributed by atoms with E-state index in [2.05, 4.69) is 4.98 Å². The van der Waals surface area contributed by atoms with Crippen LogP contribution in [0.25, 0.3) is 10.9 Å². The van der Waals surface area contributed by atoms with Crippen molar-refractivity contribution >= 4 is 10.9 Å². The van der Waals surface area contributed by atoms with E-state index >= 15 is 0 Å². The average Bonchev–Trinajstić information content (AvgIpc) is 2.16. The van der Waals surface area contributed by atoms with Crippen molar-refractivity contribution < 1.29 is 13.9 Å². The molecular formula is C10H7F2NO. The fourth-order valence-electron chi connectivity index (χ4n) is 1.27. The number of hydrogen-bond donors (Lipinski definition) is 1. The van der Waals surface area contributed by atoms with E-state index in [1.807, 2.05) is 0 Å². The molecule has 0 bridgehead atoms. The highest BCUT2D eigenvalue weighted by Crippen LogP contribution is 2.24. The Bertz CT molecular complexity index is 471. The number of benzene rings is 1. The molecule has 0 spiro atoms. The Hall–Kier alpha value is -1.71. The van der Waals surface area contributed by atoms with E-state index in [-0.39, 0.29) is 11.3 Å². The van der Waals surface area contributed by atoms with Crippen molar-refractivity contribution in [3.8, 4) is 5.75 Å². The molecule has 72 valence electrons. The first-order valence-electron chi connectivity index (χ1n) is 4.03. The third kappa shape index (κ3) is 1.51. The average molecular weight is 195 g/mol. The molecule has 2 aromatic rings. The van der Waals surface area contributed by atoms with Crippen molar-refractivity contribution in [2.24, 2.45) is 0 Å². The van der Waals surface area contributed by atoms with Gasteiger partial charge in [-0.1, -0.05) is 6.07 Å². The smallest absolute Gasteiger partial charge is 0.263 e. The summed E-state index contributed by atoms with van der Waals surface area (Å²) in [5.74, 6) is -0.0242. The van der Waals surface area contributed by atoms with Gasteiger partial charge < -0.3 is 5.11 Å². The predicted molar refractivity (Wildman–Crippen MR) is 48.4 cm³/mol. The molecule has 1 heterocycles. The summed E-state index contributed by atoms with van der Waals surface area (Å²) in [6.07, 6.45) is -1.22. The molecule has 0 radical (unpaired) electrons. The molecule has 0 saturated carbocycles. The van der Waals surface area contributed by atoms with Crippen LogP contribution in [0.2, 0.25) is 0 Å². The molecule has 0 atom stereocenters. The van der Waals surface area contributed by atoms with Gasteiger partial charge in [0, 0.05) is 10.9 Å². The Labute approximate surface area is 78.8 Å². The van der Waals surface area contributed by atoms with Crippen molar-refractivity contribution in [2.45, 2.75) is 6.43 Å². The van der Waals surface area contributed by atoms with Gasteiger partial charge in [0.25, 0.3) is 6.43 Å². The third-order valence-electron chi connectivity index (χ3n) is 1.94. The van der Waals surface area contributed by atoms with Gasteiger partial charge in [-0.25, -0.2) is 8.78 Å².